The van der Waals surface area contributed by atoms with Crippen molar-refractivity contribution in [2.45, 2.75) is 125 Å². The van der Waals surface area contributed by atoms with Crippen LogP contribution in [0.25, 0.3) is 0 Å². The molecule has 0 bridgehead atoms. The predicted octanol–water partition coefficient (Wildman–Crippen LogP) is 2.05. The van der Waals surface area contributed by atoms with E-state index in [9.17, 15) is 19.8 Å². The zero-order valence-corrected chi connectivity index (χ0v) is 24.0. The van der Waals surface area contributed by atoms with Crippen molar-refractivity contribution in [2.75, 3.05) is 26.6 Å². The molecule has 8 rings (SSSR count). The molecule has 0 radical (unpaired) electrons. The molecular formula is C31H44O10. The summed E-state index contributed by atoms with van der Waals surface area (Å²) < 4.78 is 35.8. The van der Waals surface area contributed by atoms with Crippen molar-refractivity contribution in [3.63, 3.8) is 0 Å². The van der Waals surface area contributed by atoms with Gasteiger partial charge in [0.1, 0.15) is 37.5 Å². The van der Waals surface area contributed by atoms with Gasteiger partial charge in [-0.3, -0.25) is 4.79 Å². The SMILES string of the molecule is C[C@@H]1C[C@H]2OCO[C@H]2[C@H](COC2CCC3(C=O)C4CCC56CO[C@]7(COC(=O)C7)C5CCC6(O)C4CCC3(O)C2)O1. The van der Waals surface area contributed by atoms with Crippen LogP contribution in [-0.2, 0) is 38.0 Å². The van der Waals surface area contributed by atoms with Gasteiger partial charge >= 0.3 is 5.97 Å². The fourth-order valence-corrected chi connectivity index (χ4v) is 11.5. The van der Waals surface area contributed by atoms with Crippen molar-refractivity contribution in [3.05, 3.63) is 0 Å². The first-order valence-corrected chi connectivity index (χ1v) is 15.9. The lowest BCUT2D eigenvalue weighted by atomic mass is 9.41. The van der Waals surface area contributed by atoms with Gasteiger partial charge in [-0.05, 0) is 70.1 Å². The zero-order valence-electron chi connectivity index (χ0n) is 24.0. The van der Waals surface area contributed by atoms with Crippen molar-refractivity contribution in [1.29, 1.82) is 0 Å². The molecule has 0 aromatic carbocycles. The minimum absolute atomic E-state index is 0.0262. The van der Waals surface area contributed by atoms with E-state index < -0.39 is 27.6 Å². The van der Waals surface area contributed by atoms with Crippen molar-refractivity contribution in [3.8, 4) is 0 Å². The summed E-state index contributed by atoms with van der Waals surface area (Å²) in [6, 6.07) is 0. The summed E-state index contributed by atoms with van der Waals surface area (Å²) in [6.45, 7) is 3.39. The standard InChI is InChI=1S/C31H44O10/c1-18-10-22-26(39-17-38-22)23(41-18)13-36-19-2-6-27(14-32)20-3-7-28-15-40-29(12-25(33)37-16-29)24(28)5-9-31(28,35)21(20)4-8-30(27,34)11-19/h14,18-24,26,34-35H,2-13,15-17H2,1H3/t18-,19?,20?,21?,22-,23+,24?,26-,27?,28?,29-,30?,31?/m1/s1. The number of carbonyl (C=O) groups excluding carboxylic acids is 2. The van der Waals surface area contributed by atoms with E-state index in [1.807, 2.05) is 6.92 Å². The Morgan fingerprint density at radius 3 is 2.68 bits per heavy atom. The summed E-state index contributed by atoms with van der Waals surface area (Å²) in [5, 5.41) is 24.8. The number of ether oxygens (including phenoxy) is 6. The molecule has 2 N–H and O–H groups in total. The van der Waals surface area contributed by atoms with E-state index in [1.165, 1.54) is 0 Å². The number of esters is 1. The van der Waals surface area contributed by atoms with E-state index in [0.717, 1.165) is 32.0 Å². The second kappa shape index (κ2) is 9.19. The first-order chi connectivity index (χ1) is 19.7. The van der Waals surface area contributed by atoms with Gasteiger partial charge in [-0.1, -0.05) is 0 Å². The van der Waals surface area contributed by atoms with Gasteiger partial charge in [0, 0.05) is 24.2 Å². The maximum absolute atomic E-state index is 13.1. The first kappa shape index (κ1) is 27.4. The molecule has 0 aromatic rings. The van der Waals surface area contributed by atoms with Gasteiger partial charge in [-0.2, -0.15) is 0 Å². The van der Waals surface area contributed by atoms with Crippen LogP contribution in [0, 0.1) is 28.6 Å². The number of cyclic esters (lactones) is 1. The van der Waals surface area contributed by atoms with Crippen LogP contribution < -0.4 is 0 Å². The highest BCUT2D eigenvalue weighted by Gasteiger charge is 2.77. The summed E-state index contributed by atoms with van der Waals surface area (Å²) in [5.41, 5.74) is -4.11. The van der Waals surface area contributed by atoms with E-state index in [1.54, 1.807) is 0 Å². The van der Waals surface area contributed by atoms with Crippen LogP contribution >= 0.6 is 0 Å². The quantitative estimate of drug-likeness (QED) is 0.379. The second-order valence-corrected chi connectivity index (χ2v) is 14.7. The van der Waals surface area contributed by atoms with E-state index >= 15 is 0 Å². The third-order valence-electron chi connectivity index (χ3n) is 13.3. The summed E-state index contributed by atoms with van der Waals surface area (Å²) in [5.74, 6) is -0.335. The molecule has 41 heavy (non-hydrogen) atoms. The van der Waals surface area contributed by atoms with Gasteiger partial charge in [-0.15, -0.1) is 0 Å². The van der Waals surface area contributed by atoms with Crippen molar-refractivity contribution in [1.82, 2.24) is 0 Å². The number of aldehydes is 1. The molecule has 0 aromatic heterocycles. The van der Waals surface area contributed by atoms with Crippen LogP contribution in [0.5, 0.6) is 0 Å². The van der Waals surface area contributed by atoms with Crippen molar-refractivity contribution < 1.29 is 48.2 Å². The van der Waals surface area contributed by atoms with E-state index in [2.05, 4.69) is 0 Å². The number of carbonyl (C=O) groups is 2. The largest absolute Gasteiger partial charge is 0.462 e. The molecule has 4 heterocycles. The third-order valence-corrected chi connectivity index (χ3v) is 13.3. The Morgan fingerprint density at radius 1 is 1.02 bits per heavy atom. The van der Waals surface area contributed by atoms with Gasteiger partial charge in [-0.25, -0.2) is 0 Å². The van der Waals surface area contributed by atoms with Gasteiger partial charge in [0.2, 0.25) is 0 Å². The molecular weight excluding hydrogens is 532 g/mol. The molecule has 10 nitrogen and oxygen atoms in total. The minimum atomic E-state index is -1.17. The summed E-state index contributed by atoms with van der Waals surface area (Å²) in [7, 11) is 0. The Morgan fingerprint density at radius 2 is 1.88 bits per heavy atom. The average Bonchev–Trinajstić information content (AvgIpc) is 3.71. The molecule has 8 unspecified atom stereocenters. The Bertz CT molecular complexity index is 1100. The zero-order chi connectivity index (χ0) is 28.3. The highest BCUT2D eigenvalue weighted by molar-refractivity contribution is 5.73. The lowest BCUT2D eigenvalue weighted by Crippen LogP contribution is -2.69. The molecule has 4 saturated carbocycles. The fourth-order valence-electron chi connectivity index (χ4n) is 11.5. The topological polar surface area (TPSA) is 130 Å². The lowest BCUT2D eigenvalue weighted by molar-refractivity contribution is -0.254. The minimum Gasteiger partial charge on any atom is -0.462 e. The Kier molecular flexibility index (Phi) is 6.14. The van der Waals surface area contributed by atoms with E-state index in [-0.39, 0.29) is 74.1 Å². The van der Waals surface area contributed by atoms with Gasteiger partial charge in [0.05, 0.1) is 54.6 Å². The number of hydrogen-bond donors (Lipinski definition) is 2. The molecule has 0 amide bonds. The number of aliphatic hydroxyl groups is 2. The number of hydrogen-bond acceptors (Lipinski definition) is 10. The molecule has 10 heteroatoms. The molecule has 13 atom stereocenters. The van der Waals surface area contributed by atoms with Crippen molar-refractivity contribution >= 4 is 12.3 Å². The fraction of sp³-hybridized carbons (Fsp3) is 0.935. The lowest BCUT2D eigenvalue weighted by Gasteiger charge is -2.65. The molecule has 8 fully saturated rings. The summed E-state index contributed by atoms with van der Waals surface area (Å²) in [4.78, 5) is 25.2. The molecule has 2 spiro atoms. The van der Waals surface area contributed by atoms with Crippen LogP contribution in [0.3, 0.4) is 0 Å². The Balaban J connectivity index is 1.00. The highest BCUT2D eigenvalue weighted by Crippen LogP contribution is 2.73. The normalized spacial score (nSPS) is 57.4. The Hall–Kier alpha value is -1.14. The predicted molar refractivity (Wildman–Crippen MR) is 140 cm³/mol. The van der Waals surface area contributed by atoms with Crippen LogP contribution in [0.2, 0.25) is 0 Å². The molecule has 228 valence electrons. The third kappa shape index (κ3) is 3.56. The monoisotopic (exact) mass is 576 g/mol. The van der Waals surface area contributed by atoms with Crippen LogP contribution in [-0.4, -0.2) is 96.4 Å². The molecule has 4 aliphatic heterocycles. The van der Waals surface area contributed by atoms with E-state index in [4.69, 9.17) is 28.4 Å². The van der Waals surface area contributed by atoms with Crippen LogP contribution in [0.4, 0.5) is 0 Å². The average molecular weight is 577 g/mol. The first-order valence-electron chi connectivity index (χ1n) is 15.9. The maximum Gasteiger partial charge on any atom is 0.308 e. The van der Waals surface area contributed by atoms with Gasteiger partial charge in [0.25, 0.3) is 0 Å². The van der Waals surface area contributed by atoms with Gasteiger partial charge in [0.15, 0.2) is 0 Å². The smallest absolute Gasteiger partial charge is 0.308 e. The van der Waals surface area contributed by atoms with Crippen molar-refractivity contribution in [2.24, 2.45) is 28.6 Å². The number of fused-ring (bicyclic) bond motifs is 6. The molecule has 4 saturated heterocycles. The maximum atomic E-state index is 13.1. The second-order valence-electron chi connectivity index (χ2n) is 14.7. The molecule has 8 aliphatic rings. The number of rotatable bonds is 4. The summed E-state index contributed by atoms with van der Waals surface area (Å²) in [6.07, 6.45) is 7.34. The summed E-state index contributed by atoms with van der Waals surface area (Å²) >= 11 is 0. The Labute approximate surface area is 240 Å². The van der Waals surface area contributed by atoms with E-state index in [0.29, 0.717) is 51.7 Å². The van der Waals surface area contributed by atoms with Crippen LogP contribution in [0.1, 0.15) is 77.6 Å². The van der Waals surface area contributed by atoms with Gasteiger partial charge < -0.3 is 43.4 Å². The highest BCUT2D eigenvalue weighted by atomic mass is 16.7. The van der Waals surface area contributed by atoms with Crippen LogP contribution in [0.15, 0.2) is 0 Å². The molecule has 4 aliphatic carbocycles.